The van der Waals surface area contributed by atoms with E-state index in [-0.39, 0.29) is 5.76 Å². The number of carbonyl (C=O) groups excluding carboxylic acids is 1. The van der Waals surface area contributed by atoms with Gasteiger partial charge in [0.15, 0.2) is 0 Å². The Balaban J connectivity index is 2.35. The number of carbonyl (C=O) groups is 1. The van der Waals surface area contributed by atoms with Gasteiger partial charge in [-0.1, -0.05) is 6.07 Å². The van der Waals surface area contributed by atoms with Gasteiger partial charge >= 0.3 is 5.97 Å². The lowest BCUT2D eigenvalue weighted by Gasteiger charge is -1.99. The Kier molecular flexibility index (Phi) is 2.96. The molecular weight excluding hydrogens is 226 g/mol. The standard InChI is InChI=1S/C11H11NO3S/c1-2-14-11(13)10-9(12)7(6-15-10)8-4-3-5-16-8/h3-6H,2,12H2,1H3. The van der Waals surface area contributed by atoms with Crippen LogP contribution in [0.2, 0.25) is 0 Å². The summed E-state index contributed by atoms with van der Waals surface area (Å²) in [5.41, 5.74) is 6.91. The highest BCUT2D eigenvalue weighted by molar-refractivity contribution is 7.13. The lowest BCUT2D eigenvalue weighted by molar-refractivity contribution is 0.0492. The first-order chi connectivity index (χ1) is 7.74. The maximum atomic E-state index is 11.5. The molecule has 0 saturated carbocycles. The third-order valence-electron chi connectivity index (χ3n) is 2.08. The highest BCUT2D eigenvalue weighted by atomic mass is 32.1. The minimum atomic E-state index is -0.525. The summed E-state index contributed by atoms with van der Waals surface area (Å²) >= 11 is 1.54. The van der Waals surface area contributed by atoms with E-state index in [1.165, 1.54) is 17.6 Å². The molecule has 2 heterocycles. The van der Waals surface area contributed by atoms with Crippen LogP contribution in [0.1, 0.15) is 17.5 Å². The van der Waals surface area contributed by atoms with E-state index in [1.807, 2.05) is 17.5 Å². The highest BCUT2D eigenvalue weighted by Gasteiger charge is 2.20. The number of esters is 1. The largest absolute Gasteiger partial charge is 0.460 e. The summed E-state index contributed by atoms with van der Waals surface area (Å²) in [6.45, 7) is 2.03. The van der Waals surface area contributed by atoms with Gasteiger partial charge in [0.1, 0.15) is 6.26 Å². The molecule has 4 nitrogen and oxygen atoms in total. The fourth-order valence-electron chi connectivity index (χ4n) is 1.34. The Bertz CT molecular complexity index is 487. The van der Waals surface area contributed by atoms with E-state index in [0.717, 1.165) is 10.4 Å². The van der Waals surface area contributed by atoms with E-state index < -0.39 is 5.97 Å². The van der Waals surface area contributed by atoms with Crippen LogP contribution >= 0.6 is 11.3 Å². The molecule has 0 aliphatic heterocycles. The zero-order valence-corrected chi connectivity index (χ0v) is 9.54. The maximum Gasteiger partial charge on any atom is 0.376 e. The van der Waals surface area contributed by atoms with Crippen molar-refractivity contribution in [1.82, 2.24) is 0 Å². The third kappa shape index (κ3) is 1.81. The number of hydrogen-bond donors (Lipinski definition) is 1. The van der Waals surface area contributed by atoms with Crippen LogP contribution in [0.5, 0.6) is 0 Å². The number of hydrogen-bond acceptors (Lipinski definition) is 5. The van der Waals surface area contributed by atoms with E-state index in [0.29, 0.717) is 12.3 Å². The number of furan rings is 1. The molecule has 0 atom stereocenters. The lowest BCUT2D eigenvalue weighted by Crippen LogP contribution is -2.05. The van der Waals surface area contributed by atoms with Gasteiger partial charge < -0.3 is 14.9 Å². The molecule has 84 valence electrons. The van der Waals surface area contributed by atoms with Crippen LogP contribution < -0.4 is 5.73 Å². The van der Waals surface area contributed by atoms with E-state index in [9.17, 15) is 4.79 Å². The number of thiophene rings is 1. The van der Waals surface area contributed by atoms with Crippen LogP contribution in [0, 0.1) is 0 Å². The molecule has 16 heavy (non-hydrogen) atoms. The Labute approximate surface area is 96.6 Å². The molecule has 0 amide bonds. The summed E-state index contributed by atoms with van der Waals surface area (Å²) in [7, 11) is 0. The first-order valence-corrected chi connectivity index (χ1v) is 5.70. The molecule has 0 saturated heterocycles. The van der Waals surface area contributed by atoms with Crippen molar-refractivity contribution in [2.24, 2.45) is 0 Å². The summed E-state index contributed by atoms with van der Waals surface area (Å²) in [6.07, 6.45) is 1.48. The number of rotatable bonds is 3. The zero-order valence-electron chi connectivity index (χ0n) is 8.73. The molecule has 2 aromatic heterocycles. The van der Waals surface area contributed by atoms with Crippen LogP contribution in [0.3, 0.4) is 0 Å². The van der Waals surface area contributed by atoms with Gasteiger partial charge in [-0.25, -0.2) is 4.79 Å². The van der Waals surface area contributed by atoms with Gasteiger partial charge in [0.05, 0.1) is 17.9 Å². The predicted octanol–water partition coefficient (Wildman–Crippen LogP) is 2.77. The molecule has 2 aromatic rings. The minimum absolute atomic E-state index is 0.0743. The van der Waals surface area contributed by atoms with Crippen molar-refractivity contribution in [2.45, 2.75) is 6.92 Å². The first kappa shape index (κ1) is 10.8. The van der Waals surface area contributed by atoms with Crippen LogP contribution in [-0.2, 0) is 4.74 Å². The molecule has 0 fully saturated rings. The van der Waals surface area contributed by atoms with Crippen molar-refractivity contribution >= 4 is 23.0 Å². The van der Waals surface area contributed by atoms with Crippen LogP contribution in [0.25, 0.3) is 10.4 Å². The predicted molar refractivity (Wildman–Crippen MR) is 62.4 cm³/mol. The van der Waals surface area contributed by atoms with Gasteiger partial charge in [-0.3, -0.25) is 0 Å². The second-order valence-corrected chi connectivity index (χ2v) is 4.04. The minimum Gasteiger partial charge on any atom is -0.460 e. The molecule has 2 N–H and O–H groups in total. The van der Waals surface area contributed by atoms with Crippen molar-refractivity contribution in [2.75, 3.05) is 12.3 Å². The smallest absolute Gasteiger partial charge is 0.376 e. The fourth-order valence-corrected chi connectivity index (χ4v) is 2.09. The summed E-state index contributed by atoms with van der Waals surface area (Å²) in [5, 5.41) is 1.94. The fraction of sp³-hybridized carbons (Fsp3) is 0.182. The van der Waals surface area contributed by atoms with Crippen molar-refractivity contribution in [3.05, 3.63) is 29.5 Å². The normalized spacial score (nSPS) is 10.3. The van der Waals surface area contributed by atoms with Crippen LogP contribution in [0.4, 0.5) is 5.69 Å². The van der Waals surface area contributed by atoms with Crippen molar-refractivity contribution in [3.63, 3.8) is 0 Å². The molecule has 2 rings (SSSR count). The SMILES string of the molecule is CCOC(=O)c1occ(-c2cccs2)c1N. The van der Waals surface area contributed by atoms with Gasteiger partial charge in [0.25, 0.3) is 0 Å². The number of nitrogen functional groups attached to an aromatic ring is 1. The summed E-state index contributed by atoms with van der Waals surface area (Å²) in [6, 6.07) is 3.83. The Morgan fingerprint density at radius 2 is 2.44 bits per heavy atom. The highest BCUT2D eigenvalue weighted by Crippen LogP contribution is 2.33. The van der Waals surface area contributed by atoms with E-state index >= 15 is 0 Å². The number of anilines is 1. The molecule has 0 radical (unpaired) electrons. The molecule has 5 heteroatoms. The lowest BCUT2D eigenvalue weighted by atomic mass is 10.2. The molecule has 0 aromatic carbocycles. The molecule has 0 bridgehead atoms. The average molecular weight is 237 g/mol. The summed E-state index contributed by atoms with van der Waals surface area (Å²) < 4.78 is 9.97. The number of ether oxygens (including phenoxy) is 1. The zero-order chi connectivity index (χ0) is 11.5. The topological polar surface area (TPSA) is 65.5 Å². The molecular formula is C11H11NO3S. The molecule has 0 aliphatic rings. The molecule has 0 spiro atoms. The quantitative estimate of drug-likeness (QED) is 0.833. The molecule has 0 aliphatic carbocycles. The van der Waals surface area contributed by atoms with Crippen molar-refractivity contribution < 1.29 is 13.9 Å². The summed E-state index contributed by atoms with van der Waals surface area (Å²) in [4.78, 5) is 12.4. The van der Waals surface area contributed by atoms with Crippen molar-refractivity contribution in [3.8, 4) is 10.4 Å². The van der Waals surface area contributed by atoms with E-state index in [4.69, 9.17) is 14.9 Å². The monoisotopic (exact) mass is 237 g/mol. The first-order valence-electron chi connectivity index (χ1n) is 4.82. The second-order valence-electron chi connectivity index (χ2n) is 3.09. The van der Waals surface area contributed by atoms with Gasteiger partial charge in [-0.2, -0.15) is 0 Å². The Morgan fingerprint density at radius 1 is 1.62 bits per heavy atom. The third-order valence-corrected chi connectivity index (χ3v) is 2.98. The van der Waals surface area contributed by atoms with E-state index in [1.54, 1.807) is 6.92 Å². The molecule has 0 unspecified atom stereocenters. The van der Waals surface area contributed by atoms with Gasteiger partial charge in [0.2, 0.25) is 5.76 Å². The second kappa shape index (κ2) is 4.40. The van der Waals surface area contributed by atoms with Gasteiger partial charge in [0, 0.05) is 4.88 Å². The number of nitrogens with two attached hydrogens (primary N) is 1. The van der Waals surface area contributed by atoms with Gasteiger partial charge in [-0.15, -0.1) is 11.3 Å². The Morgan fingerprint density at radius 3 is 3.06 bits per heavy atom. The average Bonchev–Trinajstić information content (AvgIpc) is 2.86. The van der Waals surface area contributed by atoms with E-state index in [2.05, 4.69) is 0 Å². The Hall–Kier alpha value is -1.75. The van der Waals surface area contributed by atoms with Crippen LogP contribution in [0.15, 0.2) is 28.2 Å². The van der Waals surface area contributed by atoms with Gasteiger partial charge in [-0.05, 0) is 18.4 Å². The summed E-state index contributed by atoms with van der Waals surface area (Å²) in [5.74, 6) is -0.451. The van der Waals surface area contributed by atoms with Crippen molar-refractivity contribution in [1.29, 1.82) is 0 Å². The maximum absolute atomic E-state index is 11.5. The van der Waals surface area contributed by atoms with Crippen LogP contribution in [-0.4, -0.2) is 12.6 Å².